The first-order valence-electron chi connectivity index (χ1n) is 10.8. The summed E-state index contributed by atoms with van der Waals surface area (Å²) in [6, 6.07) is 15.9. The zero-order valence-electron chi connectivity index (χ0n) is 18.2. The van der Waals surface area contributed by atoms with E-state index in [0.29, 0.717) is 28.7 Å². The molecule has 2 aromatic carbocycles. The molecule has 1 aliphatic heterocycles. The summed E-state index contributed by atoms with van der Waals surface area (Å²) in [6.45, 7) is 3.70. The highest BCUT2D eigenvalue weighted by atomic mass is 16.5. The number of benzene rings is 2. The van der Waals surface area contributed by atoms with Crippen molar-refractivity contribution in [1.82, 2.24) is 19.4 Å². The third-order valence-electron chi connectivity index (χ3n) is 6.04. The van der Waals surface area contributed by atoms with Gasteiger partial charge in [0.2, 0.25) is 0 Å². The fraction of sp³-hybridized carbons (Fsp3) is 0.292. The molecule has 164 valence electrons. The summed E-state index contributed by atoms with van der Waals surface area (Å²) in [5, 5.41) is 0. The van der Waals surface area contributed by atoms with Crippen LogP contribution < -0.4 is 21.1 Å². The number of nitrogens with one attached hydrogen (secondary N) is 1. The van der Waals surface area contributed by atoms with E-state index < -0.39 is 0 Å². The second kappa shape index (κ2) is 8.12. The van der Waals surface area contributed by atoms with Gasteiger partial charge in [-0.1, -0.05) is 30.3 Å². The summed E-state index contributed by atoms with van der Waals surface area (Å²) >= 11 is 0. The molecule has 2 aromatic heterocycles. The number of aromatic amines is 1. The van der Waals surface area contributed by atoms with Crippen molar-refractivity contribution in [3.8, 4) is 28.5 Å². The Hall–Kier alpha value is -3.65. The Morgan fingerprint density at radius 3 is 2.56 bits per heavy atom. The number of methoxy groups -OCH3 is 1. The van der Waals surface area contributed by atoms with E-state index in [2.05, 4.69) is 14.9 Å². The Kier molecular flexibility index (Phi) is 5.14. The molecule has 0 unspecified atom stereocenters. The standard InChI is InChI=1S/C24H26N6O2/c1-15-22-27-21(28-24(31)30(22)23(26-15)16-6-4-3-5-7-16)19-9-8-18(14-20(19)32-2)29-12-10-17(25)11-13-29/h3-9,14,17H,10-13,25H2,1-2H3,(H,27,28,31). The molecular formula is C24H26N6O2. The molecule has 3 N–H and O–H groups in total. The molecule has 0 amide bonds. The molecule has 0 bridgehead atoms. The van der Waals surface area contributed by atoms with E-state index >= 15 is 0 Å². The fourth-order valence-electron chi connectivity index (χ4n) is 4.27. The first-order chi connectivity index (χ1) is 15.5. The zero-order chi connectivity index (χ0) is 22.2. The van der Waals surface area contributed by atoms with Crippen LogP contribution in [0.15, 0.2) is 53.3 Å². The molecule has 1 aliphatic rings. The van der Waals surface area contributed by atoms with Crippen molar-refractivity contribution in [2.75, 3.05) is 25.1 Å². The van der Waals surface area contributed by atoms with Crippen LogP contribution in [0.2, 0.25) is 0 Å². The van der Waals surface area contributed by atoms with Gasteiger partial charge in [0, 0.05) is 36.4 Å². The molecule has 1 saturated heterocycles. The average Bonchev–Trinajstić information content (AvgIpc) is 3.16. The molecule has 8 heteroatoms. The van der Waals surface area contributed by atoms with Crippen LogP contribution in [0.4, 0.5) is 5.69 Å². The number of aromatic nitrogens is 4. The number of aryl methyl sites for hydroxylation is 1. The van der Waals surface area contributed by atoms with Crippen LogP contribution in [0.25, 0.3) is 28.4 Å². The molecule has 8 nitrogen and oxygen atoms in total. The number of imidazole rings is 1. The topological polar surface area (TPSA) is 102 Å². The van der Waals surface area contributed by atoms with Crippen molar-refractivity contribution in [2.24, 2.45) is 5.73 Å². The molecular weight excluding hydrogens is 404 g/mol. The van der Waals surface area contributed by atoms with Gasteiger partial charge in [0.1, 0.15) is 17.4 Å². The van der Waals surface area contributed by atoms with Gasteiger partial charge in [0.15, 0.2) is 5.65 Å². The Bertz CT molecular complexity index is 1320. The third-order valence-corrected chi connectivity index (χ3v) is 6.04. The predicted molar refractivity (Wildman–Crippen MR) is 125 cm³/mol. The van der Waals surface area contributed by atoms with Gasteiger partial charge in [0.05, 0.1) is 18.4 Å². The number of hydrogen-bond donors (Lipinski definition) is 2. The summed E-state index contributed by atoms with van der Waals surface area (Å²) in [5.41, 5.74) is 9.63. The van der Waals surface area contributed by atoms with Crippen LogP contribution in [0.1, 0.15) is 18.5 Å². The monoisotopic (exact) mass is 430 g/mol. The van der Waals surface area contributed by atoms with Crippen molar-refractivity contribution < 1.29 is 4.74 Å². The van der Waals surface area contributed by atoms with Gasteiger partial charge in [-0.2, -0.15) is 0 Å². The fourth-order valence-corrected chi connectivity index (χ4v) is 4.27. The lowest BCUT2D eigenvalue weighted by atomic mass is 10.0. The smallest absolute Gasteiger partial charge is 0.334 e. The van der Waals surface area contributed by atoms with E-state index in [4.69, 9.17) is 15.5 Å². The molecule has 0 radical (unpaired) electrons. The van der Waals surface area contributed by atoms with E-state index in [1.807, 2.05) is 55.5 Å². The summed E-state index contributed by atoms with van der Waals surface area (Å²) in [4.78, 5) is 27.7. The minimum atomic E-state index is -0.291. The highest BCUT2D eigenvalue weighted by Gasteiger charge is 2.20. The summed E-state index contributed by atoms with van der Waals surface area (Å²) in [5.74, 6) is 1.68. The molecule has 0 spiro atoms. The van der Waals surface area contributed by atoms with E-state index in [0.717, 1.165) is 42.7 Å². The normalized spacial score (nSPS) is 14.8. The highest BCUT2D eigenvalue weighted by molar-refractivity contribution is 5.71. The van der Waals surface area contributed by atoms with Crippen molar-refractivity contribution in [1.29, 1.82) is 0 Å². The summed E-state index contributed by atoms with van der Waals surface area (Å²) < 4.78 is 7.19. The van der Waals surface area contributed by atoms with E-state index in [1.165, 1.54) is 4.40 Å². The van der Waals surface area contributed by atoms with E-state index in [9.17, 15) is 4.79 Å². The molecule has 3 heterocycles. The lowest BCUT2D eigenvalue weighted by Gasteiger charge is -2.32. The Labute approximate surface area is 185 Å². The molecule has 0 saturated carbocycles. The second-order valence-corrected chi connectivity index (χ2v) is 8.15. The number of fused-ring (bicyclic) bond motifs is 1. The van der Waals surface area contributed by atoms with Gasteiger partial charge in [-0.05, 0) is 31.9 Å². The van der Waals surface area contributed by atoms with Crippen LogP contribution in [0.3, 0.4) is 0 Å². The summed E-state index contributed by atoms with van der Waals surface area (Å²) in [6.07, 6.45) is 1.94. The van der Waals surface area contributed by atoms with Crippen molar-refractivity contribution in [3.05, 3.63) is 64.7 Å². The number of nitrogens with two attached hydrogens (primary N) is 1. The predicted octanol–water partition coefficient (Wildman–Crippen LogP) is 3.00. The number of rotatable bonds is 4. The average molecular weight is 431 g/mol. The van der Waals surface area contributed by atoms with Crippen molar-refractivity contribution >= 4 is 11.3 Å². The second-order valence-electron chi connectivity index (χ2n) is 8.15. The van der Waals surface area contributed by atoms with Gasteiger partial charge in [-0.3, -0.25) is 4.98 Å². The van der Waals surface area contributed by atoms with Gasteiger partial charge >= 0.3 is 5.69 Å². The van der Waals surface area contributed by atoms with Crippen molar-refractivity contribution in [3.63, 3.8) is 0 Å². The number of piperidine rings is 1. The van der Waals surface area contributed by atoms with E-state index in [1.54, 1.807) is 7.11 Å². The molecule has 5 rings (SSSR count). The molecule has 32 heavy (non-hydrogen) atoms. The quantitative estimate of drug-likeness (QED) is 0.516. The molecule has 0 atom stereocenters. The number of nitrogens with zero attached hydrogens (tertiary/aromatic N) is 4. The Morgan fingerprint density at radius 2 is 1.84 bits per heavy atom. The minimum Gasteiger partial charge on any atom is -0.496 e. The number of H-pyrrole nitrogens is 1. The molecule has 1 fully saturated rings. The minimum absolute atomic E-state index is 0.271. The molecule has 4 aromatic rings. The largest absolute Gasteiger partial charge is 0.496 e. The Morgan fingerprint density at radius 1 is 1.09 bits per heavy atom. The lowest BCUT2D eigenvalue weighted by molar-refractivity contribution is 0.415. The van der Waals surface area contributed by atoms with E-state index in [-0.39, 0.29) is 11.7 Å². The van der Waals surface area contributed by atoms with Gasteiger partial charge in [-0.25, -0.2) is 19.2 Å². The summed E-state index contributed by atoms with van der Waals surface area (Å²) in [7, 11) is 1.63. The number of anilines is 1. The first kappa shape index (κ1) is 20.3. The van der Waals surface area contributed by atoms with Crippen molar-refractivity contribution in [2.45, 2.75) is 25.8 Å². The maximum absolute atomic E-state index is 13.1. The van der Waals surface area contributed by atoms with Crippen LogP contribution in [0, 0.1) is 6.92 Å². The highest BCUT2D eigenvalue weighted by Crippen LogP contribution is 2.33. The van der Waals surface area contributed by atoms with Gasteiger partial charge < -0.3 is 15.4 Å². The maximum atomic E-state index is 13.1. The van der Waals surface area contributed by atoms with Gasteiger partial charge in [-0.15, -0.1) is 0 Å². The first-order valence-corrected chi connectivity index (χ1v) is 10.8. The van der Waals surface area contributed by atoms with Crippen LogP contribution >= 0.6 is 0 Å². The lowest BCUT2D eigenvalue weighted by Crippen LogP contribution is -2.39. The SMILES string of the molecule is COc1cc(N2CCC(N)CC2)ccc1-c1nc2c(C)nc(-c3ccccc3)n2c(=O)[nH]1. The maximum Gasteiger partial charge on any atom is 0.334 e. The van der Waals surface area contributed by atoms with Crippen LogP contribution in [-0.4, -0.2) is 45.6 Å². The third kappa shape index (κ3) is 3.52. The zero-order valence-corrected chi connectivity index (χ0v) is 18.2. The van der Waals surface area contributed by atoms with Crippen LogP contribution in [-0.2, 0) is 0 Å². The number of ether oxygens (including phenoxy) is 1. The molecule has 0 aliphatic carbocycles. The van der Waals surface area contributed by atoms with Gasteiger partial charge in [0.25, 0.3) is 0 Å². The van der Waals surface area contributed by atoms with Crippen LogP contribution in [0.5, 0.6) is 5.75 Å². The number of hydrogen-bond acceptors (Lipinski definition) is 6. The Balaban J connectivity index is 1.58.